The van der Waals surface area contributed by atoms with E-state index in [0.29, 0.717) is 29.3 Å². The van der Waals surface area contributed by atoms with Gasteiger partial charge in [0.15, 0.2) is 0 Å². The summed E-state index contributed by atoms with van der Waals surface area (Å²) < 4.78 is 5.38. The molecule has 0 radical (unpaired) electrons. The van der Waals surface area contributed by atoms with E-state index < -0.39 is 0 Å². The Bertz CT molecular complexity index is 711. The highest BCUT2D eigenvalue weighted by atomic mass is 32.2. The van der Waals surface area contributed by atoms with Crippen molar-refractivity contribution in [1.29, 1.82) is 0 Å². The third-order valence-corrected chi connectivity index (χ3v) is 3.95. The molecule has 2 aromatic heterocycles. The molecule has 0 saturated carbocycles. The average Bonchev–Trinajstić information content (AvgIpc) is 2.89. The van der Waals surface area contributed by atoms with Crippen LogP contribution in [0.3, 0.4) is 0 Å². The van der Waals surface area contributed by atoms with Crippen LogP contribution in [-0.4, -0.2) is 22.6 Å². The summed E-state index contributed by atoms with van der Waals surface area (Å²) in [5.41, 5.74) is 0.984. The van der Waals surface area contributed by atoms with E-state index in [1.807, 2.05) is 19.1 Å². The predicted molar refractivity (Wildman–Crippen MR) is 78.2 cm³/mol. The Morgan fingerprint density at radius 3 is 3.14 bits per heavy atom. The third kappa shape index (κ3) is 3.08. The van der Waals surface area contributed by atoms with E-state index >= 15 is 0 Å². The first kappa shape index (κ1) is 13.7. The van der Waals surface area contributed by atoms with Crippen molar-refractivity contribution in [1.82, 2.24) is 10.3 Å². The second-order valence-electron chi connectivity index (χ2n) is 4.61. The van der Waals surface area contributed by atoms with E-state index in [9.17, 15) is 9.59 Å². The summed E-state index contributed by atoms with van der Waals surface area (Å²) >= 11 is 1.36. The Balaban J connectivity index is 1.70. The highest BCUT2D eigenvalue weighted by Crippen LogP contribution is 2.29. The van der Waals surface area contributed by atoms with Gasteiger partial charge in [0.2, 0.25) is 5.91 Å². The van der Waals surface area contributed by atoms with Gasteiger partial charge in [-0.05, 0) is 25.1 Å². The molecule has 0 aromatic carbocycles. The molecular formula is C14H13N3O3S. The van der Waals surface area contributed by atoms with Crippen molar-refractivity contribution < 1.29 is 14.0 Å². The molecule has 7 heteroatoms. The van der Waals surface area contributed by atoms with Crippen LogP contribution in [0.5, 0.6) is 0 Å². The summed E-state index contributed by atoms with van der Waals surface area (Å²) in [4.78, 5) is 27.6. The quantitative estimate of drug-likeness (QED) is 0.905. The number of carbonyl (C=O) groups is 2. The molecule has 0 spiro atoms. The molecule has 0 fully saturated rings. The van der Waals surface area contributed by atoms with E-state index in [4.69, 9.17) is 4.42 Å². The smallest absolute Gasteiger partial charge is 0.253 e. The minimum absolute atomic E-state index is 0.0853. The molecule has 0 unspecified atom stereocenters. The number of aromatic nitrogens is 1. The third-order valence-electron chi connectivity index (χ3n) is 2.95. The summed E-state index contributed by atoms with van der Waals surface area (Å²) in [6.45, 7) is 2.16. The zero-order valence-corrected chi connectivity index (χ0v) is 12.1. The first-order chi connectivity index (χ1) is 10.1. The summed E-state index contributed by atoms with van der Waals surface area (Å²) in [7, 11) is 0. The lowest BCUT2D eigenvalue weighted by molar-refractivity contribution is -0.113. The predicted octanol–water partition coefficient (Wildman–Crippen LogP) is 1.96. The number of hydrogen-bond donors (Lipinski definition) is 2. The zero-order chi connectivity index (χ0) is 14.8. The van der Waals surface area contributed by atoms with Gasteiger partial charge in [-0.25, -0.2) is 4.98 Å². The number of aryl methyl sites for hydroxylation is 1. The minimum atomic E-state index is -0.260. The van der Waals surface area contributed by atoms with Crippen molar-refractivity contribution in [2.24, 2.45) is 0 Å². The first-order valence-electron chi connectivity index (χ1n) is 6.38. The summed E-state index contributed by atoms with van der Waals surface area (Å²) in [6, 6.07) is 5.29. The van der Waals surface area contributed by atoms with Gasteiger partial charge >= 0.3 is 0 Å². The maximum atomic E-state index is 12.1. The highest BCUT2D eigenvalue weighted by molar-refractivity contribution is 8.00. The van der Waals surface area contributed by atoms with Crippen molar-refractivity contribution in [2.45, 2.75) is 18.5 Å². The van der Waals surface area contributed by atoms with Crippen LogP contribution in [0.2, 0.25) is 0 Å². The normalized spacial score (nSPS) is 13.5. The van der Waals surface area contributed by atoms with Gasteiger partial charge in [0, 0.05) is 6.20 Å². The van der Waals surface area contributed by atoms with Crippen molar-refractivity contribution in [2.75, 3.05) is 11.1 Å². The number of pyridine rings is 1. The Morgan fingerprint density at radius 1 is 1.52 bits per heavy atom. The molecule has 3 rings (SSSR count). The summed E-state index contributed by atoms with van der Waals surface area (Å²) in [5.74, 6) is 1.50. The molecule has 21 heavy (non-hydrogen) atoms. The fourth-order valence-electron chi connectivity index (χ4n) is 1.95. The standard InChI is InChI=1S/C14H13N3O3S/c1-8-2-3-10(20-8)6-15-13(19)9-4-11-14(16-5-9)21-7-12(18)17-11/h2-5H,6-7H2,1H3,(H,15,19)(H,17,18). The number of rotatable bonds is 3. The number of thioether (sulfide) groups is 1. The molecule has 1 aliphatic rings. The summed E-state index contributed by atoms with van der Waals surface area (Å²) in [5, 5.41) is 6.20. The van der Waals surface area contributed by atoms with Crippen LogP contribution in [0.4, 0.5) is 5.69 Å². The highest BCUT2D eigenvalue weighted by Gasteiger charge is 2.18. The van der Waals surface area contributed by atoms with Gasteiger partial charge in [0.25, 0.3) is 5.91 Å². The monoisotopic (exact) mass is 303 g/mol. The van der Waals surface area contributed by atoms with Gasteiger partial charge in [0.05, 0.1) is 23.5 Å². The lowest BCUT2D eigenvalue weighted by atomic mass is 10.2. The molecule has 108 valence electrons. The number of nitrogens with zero attached hydrogens (tertiary/aromatic N) is 1. The lowest BCUT2D eigenvalue weighted by Gasteiger charge is -2.15. The summed E-state index contributed by atoms with van der Waals surface area (Å²) in [6.07, 6.45) is 1.51. The van der Waals surface area contributed by atoms with Crippen LogP contribution < -0.4 is 10.6 Å². The molecule has 0 atom stereocenters. The molecule has 2 aromatic rings. The minimum Gasteiger partial charge on any atom is -0.465 e. The fraction of sp³-hybridized carbons (Fsp3) is 0.214. The number of anilines is 1. The van der Waals surface area contributed by atoms with Gasteiger partial charge in [-0.15, -0.1) is 0 Å². The van der Waals surface area contributed by atoms with Crippen molar-refractivity contribution >= 4 is 29.3 Å². The second-order valence-corrected chi connectivity index (χ2v) is 5.57. The second kappa shape index (κ2) is 5.61. The maximum Gasteiger partial charge on any atom is 0.253 e. The first-order valence-corrected chi connectivity index (χ1v) is 7.36. The van der Waals surface area contributed by atoms with Gasteiger partial charge in [-0.2, -0.15) is 0 Å². The van der Waals surface area contributed by atoms with Crippen LogP contribution in [0, 0.1) is 6.92 Å². The largest absolute Gasteiger partial charge is 0.465 e. The Hall–Kier alpha value is -2.28. The fourth-order valence-corrected chi connectivity index (χ4v) is 2.68. The Kier molecular flexibility index (Phi) is 3.66. The molecule has 0 aliphatic carbocycles. The van der Waals surface area contributed by atoms with Crippen LogP contribution in [-0.2, 0) is 11.3 Å². The molecule has 6 nitrogen and oxygen atoms in total. The average molecular weight is 303 g/mol. The van der Waals surface area contributed by atoms with Gasteiger partial charge in [-0.3, -0.25) is 9.59 Å². The Labute approximate surface area is 125 Å². The molecule has 3 heterocycles. The van der Waals surface area contributed by atoms with Crippen LogP contribution in [0.1, 0.15) is 21.9 Å². The van der Waals surface area contributed by atoms with Crippen LogP contribution in [0.25, 0.3) is 0 Å². The molecule has 2 amide bonds. The van der Waals surface area contributed by atoms with Crippen LogP contribution >= 0.6 is 11.8 Å². The van der Waals surface area contributed by atoms with E-state index in [-0.39, 0.29) is 11.8 Å². The number of amides is 2. The molecule has 2 N–H and O–H groups in total. The van der Waals surface area contributed by atoms with E-state index in [1.54, 1.807) is 6.07 Å². The van der Waals surface area contributed by atoms with Crippen LogP contribution in [0.15, 0.2) is 33.8 Å². The molecule has 0 bridgehead atoms. The van der Waals surface area contributed by atoms with E-state index in [1.165, 1.54) is 18.0 Å². The number of carbonyl (C=O) groups excluding carboxylic acids is 2. The number of nitrogens with one attached hydrogen (secondary N) is 2. The number of fused-ring (bicyclic) bond motifs is 1. The number of hydrogen-bond acceptors (Lipinski definition) is 5. The topological polar surface area (TPSA) is 84.2 Å². The number of furan rings is 1. The molecule has 0 saturated heterocycles. The molecule has 1 aliphatic heterocycles. The Morgan fingerprint density at radius 2 is 2.38 bits per heavy atom. The van der Waals surface area contributed by atoms with E-state index in [0.717, 1.165) is 10.8 Å². The van der Waals surface area contributed by atoms with E-state index in [2.05, 4.69) is 15.6 Å². The van der Waals surface area contributed by atoms with Gasteiger partial charge in [-0.1, -0.05) is 11.8 Å². The maximum absolute atomic E-state index is 12.1. The molecular weight excluding hydrogens is 290 g/mol. The van der Waals surface area contributed by atoms with Crippen molar-refractivity contribution in [3.8, 4) is 0 Å². The van der Waals surface area contributed by atoms with Gasteiger partial charge in [0.1, 0.15) is 16.5 Å². The lowest BCUT2D eigenvalue weighted by Crippen LogP contribution is -2.24. The van der Waals surface area contributed by atoms with Crippen molar-refractivity contribution in [3.05, 3.63) is 41.5 Å². The van der Waals surface area contributed by atoms with Crippen molar-refractivity contribution in [3.63, 3.8) is 0 Å². The zero-order valence-electron chi connectivity index (χ0n) is 11.3. The SMILES string of the molecule is Cc1ccc(CNC(=O)c2cnc3c(c2)NC(=O)CS3)o1. The van der Waals surface area contributed by atoms with Gasteiger partial charge < -0.3 is 15.1 Å².